The highest BCUT2D eigenvalue weighted by Gasteiger charge is 2.15. The Hall–Kier alpha value is -1.56. The van der Waals surface area contributed by atoms with E-state index in [1.807, 2.05) is 14.1 Å². The van der Waals surface area contributed by atoms with E-state index >= 15 is 0 Å². The Bertz CT molecular complexity index is 400. The Kier molecular flexibility index (Phi) is 6.35. The summed E-state index contributed by atoms with van der Waals surface area (Å²) in [4.78, 5) is 14.0. The van der Waals surface area contributed by atoms with Crippen LogP contribution in [0.1, 0.15) is 42.4 Å². The first-order chi connectivity index (χ1) is 9.06. The minimum Gasteiger partial charge on any atom is -0.395 e. The van der Waals surface area contributed by atoms with Gasteiger partial charge in [-0.3, -0.25) is 9.89 Å². The van der Waals surface area contributed by atoms with Crippen LogP contribution < -0.4 is 11.1 Å². The lowest BCUT2D eigenvalue weighted by Gasteiger charge is -2.09. The number of amides is 1. The minimum absolute atomic E-state index is 0.194. The Morgan fingerprint density at radius 2 is 2.16 bits per heavy atom. The molecule has 0 saturated carbocycles. The molecule has 1 aromatic heterocycles. The first-order valence-corrected chi connectivity index (χ1v) is 6.81. The van der Waals surface area contributed by atoms with Gasteiger partial charge in [-0.25, -0.2) is 0 Å². The van der Waals surface area contributed by atoms with Crippen molar-refractivity contribution in [3.05, 3.63) is 11.4 Å². The number of nitrogens with one attached hydrogen (secondary N) is 2. The van der Waals surface area contributed by atoms with Gasteiger partial charge in [-0.15, -0.1) is 0 Å². The molecule has 0 saturated heterocycles. The van der Waals surface area contributed by atoms with Gasteiger partial charge < -0.3 is 16.0 Å². The molecular formula is C13H25N5O. The number of unbranched alkanes of at least 4 members (excludes halogenated alkanes) is 1. The normalized spacial score (nSPS) is 10.9. The van der Waals surface area contributed by atoms with Crippen molar-refractivity contribution >= 4 is 11.6 Å². The summed E-state index contributed by atoms with van der Waals surface area (Å²) < 4.78 is 0. The van der Waals surface area contributed by atoms with Crippen LogP contribution >= 0.6 is 0 Å². The molecule has 0 aliphatic rings. The van der Waals surface area contributed by atoms with Gasteiger partial charge in [0.25, 0.3) is 5.91 Å². The number of aromatic amines is 1. The summed E-state index contributed by atoms with van der Waals surface area (Å²) in [6, 6.07) is 0. The zero-order valence-electron chi connectivity index (χ0n) is 12.1. The average Bonchev–Trinajstić information content (AvgIpc) is 2.71. The number of carbonyl (C=O) groups is 1. The Balaban J connectivity index is 2.37. The van der Waals surface area contributed by atoms with Crippen LogP contribution in [0.4, 0.5) is 5.69 Å². The van der Waals surface area contributed by atoms with E-state index in [1.54, 1.807) is 0 Å². The molecule has 6 nitrogen and oxygen atoms in total. The summed E-state index contributed by atoms with van der Waals surface area (Å²) in [6.07, 6.45) is 3.80. The number of carbonyl (C=O) groups excluding carboxylic acids is 1. The summed E-state index contributed by atoms with van der Waals surface area (Å²) in [5, 5.41) is 9.67. The number of H-pyrrole nitrogens is 1. The number of aromatic nitrogens is 2. The predicted molar refractivity (Wildman–Crippen MR) is 77.1 cm³/mol. The monoisotopic (exact) mass is 267 g/mol. The molecule has 4 N–H and O–H groups in total. The number of hydrogen-bond donors (Lipinski definition) is 3. The molecule has 0 bridgehead atoms. The smallest absolute Gasteiger partial charge is 0.273 e. The van der Waals surface area contributed by atoms with E-state index in [-0.39, 0.29) is 5.91 Å². The second kappa shape index (κ2) is 7.78. The zero-order chi connectivity index (χ0) is 14.3. The van der Waals surface area contributed by atoms with Crippen molar-refractivity contribution in [3.63, 3.8) is 0 Å². The van der Waals surface area contributed by atoms with Crippen molar-refractivity contribution in [3.8, 4) is 0 Å². The van der Waals surface area contributed by atoms with Crippen LogP contribution in [0.2, 0.25) is 0 Å². The average molecular weight is 267 g/mol. The van der Waals surface area contributed by atoms with Gasteiger partial charge in [0, 0.05) is 6.54 Å². The third-order valence-electron chi connectivity index (χ3n) is 2.92. The number of nitrogen functional groups attached to an aromatic ring is 1. The number of rotatable bonds is 8. The predicted octanol–water partition coefficient (Wildman–Crippen LogP) is 1.02. The number of hydrogen-bond acceptors (Lipinski definition) is 4. The van der Waals surface area contributed by atoms with E-state index < -0.39 is 0 Å². The molecule has 6 heteroatoms. The molecule has 1 heterocycles. The molecule has 0 aromatic carbocycles. The summed E-state index contributed by atoms with van der Waals surface area (Å²) >= 11 is 0. The minimum atomic E-state index is -0.194. The lowest BCUT2D eigenvalue weighted by molar-refractivity contribution is 0.0948. The van der Waals surface area contributed by atoms with Crippen molar-refractivity contribution < 1.29 is 4.79 Å². The summed E-state index contributed by atoms with van der Waals surface area (Å²) in [5.74, 6) is -0.194. The van der Waals surface area contributed by atoms with Gasteiger partial charge in [0.05, 0.1) is 11.4 Å². The van der Waals surface area contributed by atoms with Gasteiger partial charge in [0.15, 0.2) is 5.69 Å². The molecule has 1 aromatic rings. The van der Waals surface area contributed by atoms with Gasteiger partial charge in [-0.1, -0.05) is 13.3 Å². The highest BCUT2D eigenvalue weighted by molar-refractivity contribution is 5.97. The topological polar surface area (TPSA) is 87.0 Å². The molecule has 0 atom stereocenters. The third-order valence-corrected chi connectivity index (χ3v) is 2.92. The maximum Gasteiger partial charge on any atom is 0.273 e. The third kappa shape index (κ3) is 4.90. The molecule has 0 unspecified atom stereocenters. The Morgan fingerprint density at radius 3 is 2.79 bits per heavy atom. The van der Waals surface area contributed by atoms with Crippen molar-refractivity contribution in [2.45, 2.75) is 32.6 Å². The standard InChI is InChI=1S/C13H25N5O/c1-4-7-10-11(14)12(17-16-10)13(19)15-8-5-6-9-18(2)3/h4-9,14H2,1-3H3,(H,15,19)(H,16,17). The molecule has 0 radical (unpaired) electrons. The van der Waals surface area contributed by atoms with Crippen molar-refractivity contribution in [2.75, 3.05) is 32.9 Å². The molecule has 0 fully saturated rings. The van der Waals surface area contributed by atoms with Crippen LogP contribution in [0.15, 0.2) is 0 Å². The fraction of sp³-hybridized carbons (Fsp3) is 0.692. The highest BCUT2D eigenvalue weighted by Crippen LogP contribution is 2.15. The number of anilines is 1. The van der Waals surface area contributed by atoms with Crippen molar-refractivity contribution in [1.29, 1.82) is 0 Å². The first-order valence-electron chi connectivity index (χ1n) is 6.81. The second-order valence-electron chi connectivity index (χ2n) is 4.98. The van der Waals surface area contributed by atoms with E-state index in [0.29, 0.717) is 17.9 Å². The number of nitrogens with zero attached hydrogens (tertiary/aromatic N) is 2. The van der Waals surface area contributed by atoms with Gasteiger partial charge in [-0.05, 0) is 39.9 Å². The molecule has 1 amide bonds. The van der Waals surface area contributed by atoms with Gasteiger partial charge in [-0.2, -0.15) is 5.10 Å². The molecule has 0 aliphatic carbocycles. The quantitative estimate of drug-likeness (QED) is 0.614. The van der Waals surface area contributed by atoms with Gasteiger partial charge in [0.1, 0.15) is 0 Å². The first kappa shape index (κ1) is 15.5. The van der Waals surface area contributed by atoms with Crippen LogP contribution in [0.3, 0.4) is 0 Å². The largest absolute Gasteiger partial charge is 0.395 e. The van der Waals surface area contributed by atoms with Crippen LogP contribution in [-0.4, -0.2) is 48.2 Å². The van der Waals surface area contributed by atoms with Crippen molar-refractivity contribution in [2.24, 2.45) is 0 Å². The molecule has 1 rings (SSSR count). The summed E-state index contributed by atoms with van der Waals surface area (Å²) in [5.41, 5.74) is 7.54. The lowest BCUT2D eigenvalue weighted by Crippen LogP contribution is -2.26. The maximum atomic E-state index is 11.9. The van der Waals surface area contributed by atoms with Gasteiger partial charge in [0.2, 0.25) is 0 Å². The molecule has 19 heavy (non-hydrogen) atoms. The zero-order valence-corrected chi connectivity index (χ0v) is 12.1. The van der Waals surface area contributed by atoms with E-state index in [9.17, 15) is 4.79 Å². The fourth-order valence-corrected chi connectivity index (χ4v) is 1.84. The van der Waals surface area contributed by atoms with E-state index in [2.05, 4.69) is 27.3 Å². The molecule has 0 aliphatic heterocycles. The Morgan fingerprint density at radius 1 is 1.42 bits per heavy atom. The lowest BCUT2D eigenvalue weighted by atomic mass is 10.2. The van der Waals surface area contributed by atoms with E-state index in [1.165, 1.54) is 0 Å². The van der Waals surface area contributed by atoms with E-state index in [0.717, 1.165) is 37.9 Å². The number of aryl methyl sites for hydroxylation is 1. The second-order valence-corrected chi connectivity index (χ2v) is 4.98. The SMILES string of the molecule is CCCc1[nH]nc(C(=O)NCCCCN(C)C)c1N. The van der Waals surface area contributed by atoms with Crippen LogP contribution in [0.25, 0.3) is 0 Å². The van der Waals surface area contributed by atoms with Crippen LogP contribution in [-0.2, 0) is 6.42 Å². The van der Waals surface area contributed by atoms with Crippen LogP contribution in [0.5, 0.6) is 0 Å². The molecule has 108 valence electrons. The summed E-state index contributed by atoms with van der Waals surface area (Å²) in [6.45, 7) is 3.74. The van der Waals surface area contributed by atoms with Crippen LogP contribution in [0, 0.1) is 0 Å². The Labute approximate surface area is 114 Å². The van der Waals surface area contributed by atoms with Crippen molar-refractivity contribution in [1.82, 2.24) is 20.4 Å². The van der Waals surface area contributed by atoms with Gasteiger partial charge >= 0.3 is 0 Å². The van der Waals surface area contributed by atoms with E-state index in [4.69, 9.17) is 5.73 Å². The number of nitrogens with two attached hydrogens (primary N) is 1. The fourth-order valence-electron chi connectivity index (χ4n) is 1.84. The highest BCUT2D eigenvalue weighted by atomic mass is 16.1. The molecular weight excluding hydrogens is 242 g/mol. The maximum absolute atomic E-state index is 11.9. The molecule has 0 spiro atoms. The summed E-state index contributed by atoms with van der Waals surface area (Å²) in [7, 11) is 4.08.